The molecule has 2 aromatic rings. The van der Waals surface area contributed by atoms with Crippen molar-refractivity contribution in [1.82, 2.24) is 15.2 Å². The number of aliphatic imine (C=N–C) groups is 1. The summed E-state index contributed by atoms with van der Waals surface area (Å²) in [5.41, 5.74) is 4.89. The van der Waals surface area contributed by atoms with Crippen LogP contribution < -0.4 is 16.2 Å². The van der Waals surface area contributed by atoms with Crippen LogP contribution in [-0.4, -0.2) is 23.6 Å². The fourth-order valence-electron chi connectivity index (χ4n) is 3.04. The summed E-state index contributed by atoms with van der Waals surface area (Å²) in [7, 11) is 0. The van der Waals surface area contributed by atoms with Gasteiger partial charge in [-0.2, -0.15) is 0 Å². The molecule has 154 valence electrons. The van der Waals surface area contributed by atoms with Crippen LogP contribution in [0.3, 0.4) is 0 Å². The zero-order chi connectivity index (χ0) is 19.6. The van der Waals surface area contributed by atoms with E-state index in [1.807, 2.05) is 23.6 Å². The Kier molecular flexibility index (Phi) is 10.9. The highest BCUT2D eigenvalue weighted by Crippen LogP contribution is 2.11. The van der Waals surface area contributed by atoms with E-state index in [9.17, 15) is 4.79 Å². The molecule has 0 aliphatic carbocycles. The summed E-state index contributed by atoms with van der Waals surface area (Å²) in [5.74, 6) is 0.838. The quantitative estimate of drug-likeness (QED) is 0.252. The van der Waals surface area contributed by atoms with E-state index in [1.165, 1.54) is 16.7 Å². The Balaban J connectivity index is 0.00000392. The lowest BCUT2D eigenvalue weighted by molar-refractivity contribution is 0.575. The third-order valence-corrected chi connectivity index (χ3v) is 4.62. The largest absolute Gasteiger partial charge is 0.357 e. The van der Waals surface area contributed by atoms with E-state index in [1.54, 1.807) is 6.07 Å². The van der Waals surface area contributed by atoms with Crippen LogP contribution in [0.1, 0.15) is 42.1 Å². The minimum absolute atomic E-state index is 0. The molecule has 28 heavy (non-hydrogen) atoms. The molecule has 1 aromatic carbocycles. The minimum atomic E-state index is 0. The maximum atomic E-state index is 11.9. The van der Waals surface area contributed by atoms with E-state index in [4.69, 9.17) is 4.99 Å². The summed E-state index contributed by atoms with van der Waals surface area (Å²) >= 11 is 0. The average Bonchev–Trinajstić information content (AvgIpc) is 2.62. The second-order valence-electron chi connectivity index (χ2n) is 6.92. The summed E-state index contributed by atoms with van der Waals surface area (Å²) in [4.78, 5) is 16.6. The van der Waals surface area contributed by atoms with Gasteiger partial charge in [-0.05, 0) is 57.7 Å². The summed E-state index contributed by atoms with van der Waals surface area (Å²) in [5, 5.41) is 6.68. The molecule has 0 fully saturated rings. The Hall–Kier alpha value is -1.83. The Labute approximate surface area is 185 Å². The van der Waals surface area contributed by atoms with Gasteiger partial charge in [0.05, 0.1) is 6.54 Å². The van der Waals surface area contributed by atoms with Crippen LogP contribution in [0.5, 0.6) is 0 Å². The highest BCUT2D eigenvalue weighted by Gasteiger charge is 2.02. The smallest absolute Gasteiger partial charge is 0.250 e. The molecule has 0 saturated carbocycles. The van der Waals surface area contributed by atoms with Gasteiger partial charge in [0.25, 0.3) is 5.56 Å². The lowest BCUT2D eigenvalue weighted by atomic mass is 10.1. The number of hydrogen-bond acceptors (Lipinski definition) is 2. The van der Waals surface area contributed by atoms with Crippen LogP contribution in [0.2, 0.25) is 0 Å². The molecule has 0 aliphatic heterocycles. The molecule has 1 aromatic heterocycles. The number of pyridine rings is 1. The topological polar surface area (TPSA) is 58.4 Å². The van der Waals surface area contributed by atoms with Crippen molar-refractivity contribution in [2.45, 2.75) is 53.6 Å². The van der Waals surface area contributed by atoms with Crippen molar-refractivity contribution in [3.05, 3.63) is 69.1 Å². The molecular weight excluding hydrogens is 463 g/mol. The van der Waals surface area contributed by atoms with E-state index >= 15 is 0 Å². The van der Waals surface area contributed by atoms with Gasteiger partial charge >= 0.3 is 0 Å². The van der Waals surface area contributed by atoms with Gasteiger partial charge < -0.3 is 15.2 Å². The van der Waals surface area contributed by atoms with Gasteiger partial charge in [0, 0.05) is 31.4 Å². The fourth-order valence-corrected chi connectivity index (χ4v) is 3.04. The molecule has 2 N–H and O–H groups in total. The first-order valence-electron chi connectivity index (χ1n) is 9.76. The third kappa shape index (κ3) is 7.66. The van der Waals surface area contributed by atoms with Crippen LogP contribution in [0.25, 0.3) is 0 Å². The molecule has 6 heteroatoms. The van der Waals surface area contributed by atoms with E-state index in [0.717, 1.165) is 44.1 Å². The summed E-state index contributed by atoms with van der Waals surface area (Å²) in [6, 6.07) is 11.9. The molecule has 0 radical (unpaired) electrons. The number of aryl methyl sites for hydroxylation is 3. The Morgan fingerprint density at radius 3 is 2.54 bits per heavy atom. The van der Waals surface area contributed by atoms with E-state index in [2.05, 4.69) is 49.6 Å². The first-order valence-corrected chi connectivity index (χ1v) is 9.76. The number of nitrogens with one attached hydrogen (secondary N) is 2. The number of hydrogen-bond donors (Lipinski definition) is 2. The van der Waals surface area contributed by atoms with Crippen molar-refractivity contribution < 1.29 is 0 Å². The van der Waals surface area contributed by atoms with Gasteiger partial charge in [0.2, 0.25) is 0 Å². The first-order chi connectivity index (χ1) is 13.0. The molecular formula is C22H33IN4O. The summed E-state index contributed by atoms with van der Waals surface area (Å²) in [6.07, 6.45) is 1.93. The number of aromatic nitrogens is 1. The van der Waals surface area contributed by atoms with Gasteiger partial charge in [-0.15, -0.1) is 24.0 Å². The van der Waals surface area contributed by atoms with Gasteiger partial charge in [0.1, 0.15) is 0 Å². The number of halogens is 1. The second-order valence-corrected chi connectivity index (χ2v) is 6.92. The Morgan fingerprint density at radius 2 is 1.86 bits per heavy atom. The monoisotopic (exact) mass is 496 g/mol. The number of guanidine groups is 1. The van der Waals surface area contributed by atoms with Gasteiger partial charge in [-0.3, -0.25) is 4.79 Å². The highest BCUT2D eigenvalue weighted by atomic mass is 127. The normalized spacial score (nSPS) is 11.1. The standard InChI is InChI=1S/C22H32N4O.HI/c1-5-23-22(25-16-20-12-11-17(2)15-18(20)3)24-13-6-7-14-26-19(4)9-8-10-21(26)27;/h8-12,15H,5-7,13-14,16H2,1-4H3,(H2,23,24,25);1H. The lowest BCUT2D eigenvalue weighted by Crippen LogP contribution is -2.37. The molecule has 0 atom stereocenters. The molecule has 1 heterocycles. The molecule has 0 bridgehead atoms. The van der Waals surface area contributed by atoms with E-state index in [0.29, 0.717) is 6.54 Å². The minimum Gasteiger partial charge on any atom is -0.357 e. The Bertz CT molecular complexity index is 830. The summed E-state index contributed by atoms with van der Waals surface area (Å²) < 4.78 is 1.83. The zero-order valence-corrected chi connectivity index (χ0v) is 19.7. The van der Waals surface area contributed by atoms with Crippen LogP contribution in [-0.2, 0) is 13.1 Å². The van der Waals surface area contributed by atoms with E-state index < -0.39 is 0 Å². The second kappa shape index (κ2) is 12.6. The Morgan fingerprint density at radius 1 is 1.07 bits per heavy atom. The summed E-state index contributed by atoms with van der Waals surface area (Å²) in [6.45, 7) is 11.4. The molecule has 0 amide bonds. The van der Waals surface area contributed by atoms with E-state index in [-0.39, 0.29) is 29.5 Å². The lowest BCUT2D eigenvalue weighted by Gasteiger charge is -2.13. The van der Waals surface area contributed by atoms with Crippen molar-refractivity contribution in [2.75, 3.05) is 13.1 Å². The van der Waals surface area contributed by atoms with Crippen LogP contribution >= 0.6 is 24.0 Å². The molecule has 0 spiro atoms. The zero-order valence-electron chi connectivity index (χ0n) is 17.4. The highest BCUT2D eigenvalue weighted by molar-refractivity contribution is 14.0. The number of rotatable bonds is 8. The first kappa shape index (κ1) is 24.2. The third-order valence-electron chi connectivity index (χ3n) is 4.62. The van der Waals surface area contributed by atoms with Crippen LogP contribution in [0.4, 0.5) is 0 Å². The van der Waals surface area contributed by atoms with Crippen molar-refractivity contribution in [3.63, 3.8) is 0 Å². The van der Waals surface area contributed by atoms with Gasteiger partial charge in [-0.1, -0.05) is 29.8 Å². The number of benzene rings is 1. The predicted octanol–water partition coefficient (Wildman–Crippen LogP) is 3.93. The van der Waals surface area contributed by atoms with Crippen molar-refractivity contribution >= 4 is 29.9 Å². The molecule has 2 rings (SSSR count). The molecule has 0 unspecified atom stereocenters. The number of unbranched alkanes of at least 4 members (excludes halogenated alkanes) is 1. The van der Waals surface area contributed by atoms with Crippen molar-refractivity contribution in [2.24, 2.45) is 4.99 Å². The van der Waals surface area contributed by atoms with Gasteiger partial charge in [0.15, 0.2) is 5.96 Å². The molecule has 0 aliphatic rings. The fraction of sp³-hybridized carbons (Fsp3) is 0.455. The average molecular weight is 496 g/mol. The van der Waals surface area contributed by atoms with Crippen molar-refractivity contribution in [1.29, 1.82) is 0 Å². The molecule has 5 nitrogen and oxygen atoms in total. The molecule has 0 saturated heterocycles. The SMILES string of the molecule is CCNC(=NCc1ccc(C)cc1C)NCCCCn1c(C)cccc1=O.I. The van der Waals surface area contributed by atoms with Crippen molar-refractivity contribution in [3.8, 4) is 0 Å². The maximum absolute atomic E-state index is 11.9. The number of nitrogens with zero attached hydrogens (tertiary/aromatic N) is 2. The maximum Gasteiger partial charge on any atom is 0.250 e. The predicted molar refractivity (Wildman–Crippen MR) is 129 cm³/mol. The van der Waals surface area contributed by atoms with Crippen LogP contribution in [0.15, 0.2) is 46.2 Å². The van der Waals surface area contributed by atoms with Gasteiger partial charge in [-0.25, -0.2) is 4.99 Å². The van der Waals surface area contributed by atoms with Crippen LogP contribution in [0, 0.1) is 20.8 Å².